The lowest BCUT2D eigenvalue weighted by molar-refractivity contribution is -0.137. The second-order valence-electron chi connectivity index (χ2n) is 7.09. The number of hydrogen-bond donors (Lipinski definition) is 1. The van der Waals surface area contributed by atoms with Gasteiger partial charge in [0.05, 0.1) is 5.56 Å². The zero-order valence-electron chi connectivity index (χ0n) is 16.8. The van der Waals surface area contributed by atoms with Crippen LogP contribution in [0.15, 0.2) is 65.8 Å². The highest BCUT2D eigenvalue weighted by atomic mass is 35.5. The molecule has 4 rings (SSSR count). The first-order valence-electron chi connectivity index (χ1n) is 9.62. The number of amides is 1. The molecule has 0 unspecified atom stereocenters. The molecule has 0 bridgehead atoms. The van der Waals surface area contributed by atoms with E-state index in [0.29, 0.717) is 10.6 Å². The molecule has 33 heavy (non-hydrogen) atoms. The number of carbonyl (C=O) groups excluding carboxylic acids is 1. The van der Waals surface area contributed by atoms with E-state index in [1.165, 1.54) is 24.7 Å². The van der Waals surface area contributed by atoms with Crippen molar-refractivity contribution >= 4 is 28.5 Å². The third kappa shape index (κ3) is 5.17. The van der Waals surface area contributed by atoms with E-state index in [4.69, 9.17) is 11.6 Å². The van der Waals surface area contributed by atoms with E-state index >= 15 is 0 Å². The number of carbonyl (C=O) groups is 1. The molecule has 1 N–H and O–H groups in total. The summed E-state index contributed by atoms with van der Waals surface area (Å²) >= 11 is 5.83. The number of hydrogen-bond acceptors (Lipinski definition) is 5. The smallest absolute Gasteiger partial charge is 0.350 e. The van der Waals surface area contributed by atoms with E-state index in [-0.39, 0.29) is 29.9 Å². The van der Waals surface area contributed by atoms with Crippen molar-refractivity contribution in [3.63, 3.8) is 0 Å². The Morgan fingerprint density at radius 3 is 2.39 bits per heavy atom. The molecule has 11 heteroatoms. The molecule has 0 aliphatic carbocycles. The molecule has 7 nitrogen and oxygen atoms in total. The van der Waals surface area contributed by atoms with Crippen LogP contribution in [0, 0.1) is 0 Å². The molecule has 0 fully saturated rings. The van der Waals surface area contributed by atoms with Gasteiger partial charge >= 0.3 is 6.18 Å². The van der Waals surface area contributed by atoms with Gasteiger partial charge < -0.3 is 5.32 Å². The van der Waals surface area contributed by atoms with Crippen molar-refractivity contribution in [3.8, 4) is 11.4 Å². The SMILES string of the molecule is O=C(Cn1cnc2nc(-c3ccc(C(F)(F)F)cc3)ncc2c1=O)NCc1ccc(Cl)cc1. The van der Waals surface area contributed by atoms with E-state index < -0.39 is 23.2 Å². The van der Waals surface area contributed by atoms with Gasteiger partial charge in [-0.05, 0) is 29.8 Å². The lowest BCUT2D eigenvalue weighted by atomic mass is 10.1. The molecule has 0 aliphatic heterocycles. The second-order valence-corrected chi connectivity index (χ2v) is 7.52. The molecule has 1 amide bonds. The molecule has 0 saturated heterocycles. The summed E-state index contributed by atoms with van der Waals surface area (Å²) in [6.07, 6.45) is -2.01. The van der Waals surface area contributed by atoms with Crippen LogP contribution in [-0.2, 0) is 24.1 Å². The fraction of sp³-hybridized carbons (Fsp3) is 0.136. The largest absolute Gasteiger partial charge is 0.416 e. The van der Waals surface area contributed by atoms with E-state index in [1.54, 1.807) is 24.3 Å². The summed E-state index contributed by atoms with van der Waals surface area (Å²) in [6.45, 7) is 0.0153. The van der Waals surface area contributed by atoms with Gasteiger partial charge in [0.2, 0.25) is 5.91 Å². The highest BCUT2D eigenvalue weighted by Crippen LogP contribution is 2.30. The molecule has 2 aromatic heterocycles. The van der Waals surface area contributed by atoms with Crippen LogP contribution in [-0.4, -0.2) is 25.4 Å². The normalized spacial score (nSPS) is 11.5. The van der Waals surface area contributed by atoms with E-state index in [0.717, 1.165) is 22.3 Å². The lowest BCUT2D eigenvalue weighted by Gasteiger charge is -2.09. The number of aromatic nitrogens is 4. The Kier molecular flexibility index (Phi) is 6.10. The van der Waals surface area contributed by atoms with Gasteiger partial charge in [-0.1, -0.05) is 35.9 Å². The molecular formula is C22H15ClF3N5O2. The maximum absolute atomic E-state index is 12.7. The molecule has 168 valence electrons. The summed E-state index contributed by atoms with van der Waals surface area (Å²) in [4.78, 5) is 37.3. The molecular weight excluding hydrogens is 459 g/mol. The Labute approximate surface area is 189 Å². The van der Waals surface area contributed by atoms with Gasteiger partial charge in [-0.2, -0.15) is 13.2 Å². The van der Waals surface area contributed by atoms with Crippen molar-refractivity contribution in [2.75, 3.05) is 0 Å². The summed E-state index contributed by atoms with van der Waals surface area (Å²) in [5, 5.41) is 3.37. The van der Waals surface area contributed by atoms with Crippen LogP contribution < -0.4 is 10.9 Å². The fourth-order valence-corrected chi connectivity index (χ4v) is 3.15. The van der Waals surface area contributed by atoms with Gasteiger partial charge in [0.1, 0.15) is 18.3 Å². The number of fused-ring (bicyclic) bond motifs is 1. The van der Waals surface area contributed by atoms with E-state index in [9.17, 15) is 22.8 Å². The van der Waals surface area contributed by atoms with Gasteiger partial charge in [0, 0.05) is 23.3 Å². The quantitative estimate of drug-likeness (QED) is 0.475. The standard InChI is InChI=1S/C22H15ClF3N5O2/c23-16-7-1-13(2-8-16)9-27-18(32)11-31-12-29-20-17(21(31)33)10-28-19(30-20)14-3-5-15(6-4-14)22(24,25)26/h1-8,10,12H,9,11H2,(H,27,32). The minimum atomic E-state index is -4.45. The zero-order valence-corrected chi connectivity index (χ0v) is 17.6. The van der Waals surface area contributed by atoms with Crippen molar-refractivity contribution in [2.45, 2.75) is 19.3 Å². The lowest BCUT2D eigenvalue weighted by Crippen LogP contribution is -2.32. The fourth-order valence-electron chi connectivity index (χ4n) is 3.03. The third-order valence-electron chi connectivity index (χ3n) is 4.77. The van der Waals surface area contributed by atoms with Crippen LogP contribution in [0.4, 0.5) is 13.2 Å². The van der Waals surface area contributed by atoms with Crippen molar-refractivity contribution in [1.82, 2.24) is 24.8 Å². The Morgan fingerprint density at radius 1 is 1.03 bits per heavy atom. The first-order chi connectivity index (χ1) is 15.7. The number of halogens is 4. The zero-order chi connectivity index (χ0) is 23.6. The summed E-state index contributed by atoms with van der Waals surface area (Å²) < 4.78 is 39.3. The van der Waals surface area contributed by atoms with Crippen LogP contribution in [0.5, 0.6) is 0 Å². The summed E-state index contributed by atoms with van der Waals surface area (Å²) in [5.74, 6) is -0.267. The van der Waals surface area contributed by atoms with Gasteiger partial charge in [-0.25, -0.2) is 15.0 Å². The molecule has 0 saturated carbocycles. The van der Waals surface area contributed by atoms with Crippen molar-refractivity contribution < 1.29 is 18.0 Å². The minimum absolute atomic E-state index is 0.0720. The van der Waals surface area contributed by atoms with Crippen LogP contribution in [0.25, 0.3) is 22.4 Å². The van der Waals surface area contributed by atoms with Crippen LogP contribution >= 0.6 is 11.6 Å². The highest BCUT2D eigenvalue weighted by molar-refractivity contribution is 6.30. The third-order valence-corrected chi connectivity index (χ3v) is 5.02. The Balaban J connectivity index is 1.50. The number of nitrogens with one attached hydrogen (secondary N) is 1. The van der Waals surface area contributed by atoms with Crippen LogP contribution in [0.1, 0.15) is 11.1 Å². The molecule has 0 aliphatic rings. The van der Waals surface area contributed by atoms with Crippen molar-refractivity contribution in [2.24, 2.45) is 0 Å². The number of rotatable bonds is 5. The summed E-state index contributed by atoms with van der Waals surface area (Å²) in [6, 6.07) is 11.3. The number of alkyl halides is 3. The van der Waals surface area contributed by atoms with Crippen LogP contribution in [0.2, 0.25) is 5.02 Å². The van der Waals surface area contributed by atoms with Crippen molar-refractivity contribution in [1.29, 1.82) is 0 Å². The molecule has 2 heterocycles. The van der Waals surface area contributed by atoms with Crippen LogP contribution in [0.3, 0.4) is 0 Å². The first kappa shape index (κ1) is 22.4. The van der Waals surface area contributed by atoms with Gasteiger partial charge in [0.15, 0.2) is 11.5 Å². The minimum Gasteiger partial charge on any atom is -0.350 e. The molecule has 0 radical (unpaired) electrons. The summed E-state index contributed by atoms with van der Waals surface area (Å²) in [5.41, 5.74) is -0.0379. The maximum Gasteiger partial charge on any atom is 0.416 e. The molecule has 0 spiro atoms. The Bertz CT molecular complexity index is 1370. The summed E-state index contributed by atoms with van der Waals surface area (Å²) in [7, 11) is 0. The van der Waals surface area contributed by atoms with Gasteiger partial charge in [-0.15, -0.1) is 0 Å². The average molecular weight is 474 g/mol. The number of benzene rings is 2. The monoisotopic (exact) mass is 473 g/mol. The van der Waals surface area contributed by atoms with E-state index in [2.05, 4.69) is 20.3 Å². The molecule has 0 atom stereocenters. The predicted octanol–water partition coefficient (Wildman–Crippen LogP) is 3.84. The second kappa shape index (κ2) is 8.99. The van der Waals surface area contributed by atoms with E-state index in [1.807, 2.05) is 0 Å². The predicted molar refractivity (Wildman–Crippen MR) is 115 cm³/mol. The first-order valence-corrected chi connectivity index (χ1v) is 9.99. The molecule has 2 aromatic carbocycles. The van der Waals surface area contributed by atoms with Gasteiger partial charge in [-0.3, -0.25) is 14.2 Å². The average Bonchev–Trinajstić information content (AvgIpc) is 2.80. The highest BCUT2D eigenvalue weighted by Gasteiger charge is 2.30. The Morgan fingerprint density at radius 2 is 1.73 bits per heavy atom. The Hall–Kier alpha value is -3.79. The topological polar surface area (TPSA) is 89.8 Å². The van der Waals surface area contributed by atoms with Crippen molar-refractivity contribution in [3.05, 3.63) is 87.6 Å². The van der Waals surface area contributed by atoms with Gasteiger partial charge in [0.25, 0.3) is 5.56 Å². The molecule has 4 aromatic rings. The maximum atomic E-state index is 12.7. The number of nitrogens with zero attached hydrogens (tertiary/aromatic N) is 4.